The normalized spacial score (nSPS) is 31.1. The summed E-state index contributed by atoms with van der Waals surface area (Å²) in [5, 5.41) is 11.4. The molecule has 0 aromatic rings. The Morgan fingerprint density at radius 1 is 1.43 bits per heavy atom. The van der Waals surface area contributed by atoms with Crippen molar-refractivity contribution in [2.24, 2.45) is 0 Å². The number of rotatable bonds is 4. The first-order valence-corrected chi connectivity index (χ1v) is 6.74. The lowest BCUT2D eigenvalue weighted by molar-refractivity contribution is -0.877. The van der Waals surface area contributed by atoms with E-state index in [1.54, 1.807) is 0 Å². The molecule has 5 nitrogen and oxygen atoms in total. The topological polar surface area (TPSA) is 75.4 Å². The molecule has 4 N–H and O–H groups in total. The second kappa shape index (κ2) is 4.57. The van der Waals surface area contributed by atoms with Gasteiger partial charge in [0.15, 0.2) is 9.84 Å². The second-order valence-electron chi connectivity index (χ2n) is 4.29. The molecule has 0 aliphatic carbocycles. The van der Waals surface area contributed by atoms with Gasteiger partial charge in [0.1, 0.15) is 31.0 Å². The van der Waals surface area contributed by atoms with Crippen molar-refractivity contribution in [3.05, 3.63) is 0 Å². The van der Waals surface area contributed by atoms with E-state index in [9.17, 15) is 13.5 Å². The first-order chi connectivity index (χ1) is 6.41. The van der Waals surface area contributed by atoms with Crippen molar-refractivity contribution in [1.82, 2.24) is 0 Å². The Balaban J connectivity index is 2.33. The summed E-state index contributed by atoms with van der Waals surface area (Å²) in [5.74, 6) is 0.0555. The molecule has 0 amide bonds. The fourth-order valence-corrected chi connectivity index (χ4v) is 3.52. The van der Waals surface area contributed by atoms with Gasteiger partial charge in [0.2, 0.25) is 0 Å². The highest BCUT2D eigenvalue weighted by Gasteiger charge is 2.38. The van der Waals surface area contributed by atoms with Gasteiger partial charge in [-0.3, -0.25) is 0 Å². The summed E-state index contributed by atoms with van der Waals surface area (Å²) in [7, 11) is 1.12. The van der Waals surface area contributed by atoms with E-state index in [4.69, 9.17) is 0 Å². The molecule has 1 rings (SSSR count). The lowest BCUT2D eigenvalue weighted by atomic mass is 10.2. The molecule has 1 heterocycles. The van der Waals surface area contributed by atoms with E-state index in [-0.39, 0.29) is 17.5 Å². The maximum absolute atomic E-state index is 11.2. The smallest absolute Gasteiger partial charge is 0.159 e. The van der Waals surface area contributed by atoms with Crippen LogP contribution in [0, 0.1) is 0 Å². The summed E-state index contributed by atoms with van der Waals surface area (Å²) in [5.41, 5.74) is 0. The predicted molar refractivity (Wildman–Crippen MR) is 52.9 cm³/mol. The highest BCUT2D eigenvalue weighted by atomic mass is 32.2. The molecule has 2 unspecified atom stereocenters. The third-order valence-corrected chi connectivity index (χ3v) is 4.22. The Morgan fingerprint density at radius 3 is 2.50 bits per heavy atom. The first-order valence-electron chi connectivity index (χ1n) is 4.91. The van der Waals surface area contributed by atoms with Gasteiger partial charge in [0.05, 0.1) is 19.8 Å². The molecule has 0 radical (unpaired) electrons. The molecule has 0 saturated carbocycles. The lowest BCUT2D eigenvalue weighted by Crippen LogP contribution is -3.10. The summed E-state index contributed by atoms with van der Waals surface area (Å²) in [6, 6.07) is -0.153. The van der Waals surface area contributed by atoms with Gasteiger partial charge in [0, 0.05) is 0 Å². The Hall–Kier alpha value is -0.170. The van der Waals surface area contributed by atoms with Crippen LogP contribution in [0.2, 0.25) is 0 Å². The summed E-state index contributed by atoms with van der Waals surface area (Å²) < 4.78 is 22.3. The van der Waals surface area contributed by atoms with E-state index >= 15 is 0 Å². The fourth-order valence-electron chi connectivity index (χ4n) is 1.67. The van der Waals surface area contributed by atoms with Crippen molar-refractivity contribution in [2.45, 2.75) is 12.1 Å². The zero-order valence-electron chi connectivity index (χ0n) is 8.73. The predicted octanol–water partition coefficient (Wildman–Crippen LogP) is -4.15. The molecule has 1 saturated heterocycles. The largest absolute Gasteiger partial charge is 0.386 e. The third kappa shape index (κ3) is 3.53. The quantitative estimate of drug-likeness (QED) is 0.454. The third-order valence-electron chi connectivity index (χ3n) is 2.48. The monoisotopic (exact) mass is 224 g/mol. The molecular weight excluding hydrogens is 204 g/mol. The standard InChI is InChI=1S/C8H18N2O3S/c1-10(2)4-3-9-7-5-14(12,13)6-8(7)11/h7-9,11H,3-6H2,1-2H3/p+2. The zero-order chi connectivity index (χ0) is 10.8. The van der Waals surface area contributed by atoms with Crippen molar-refractivity contribution in [3.63, 3.8) is 0 Å². The Kier molecular flexibility index (Phi) is 3.88. The molecule has 0 spiro atoms. The van der Waals surface area contributed by atoms with Crippen LogP contribution in [0.25, 0.3) is 0 Å². The van der Waals surface area contributed by atoms with Crippen LogP contribution in [0.15, 0.2) is 0 Å². The van der Waals surface area contributed by atoms with E-state index in [0.717, 1.165) is 13.1 Å². The minimum absolute atomic E-state index is 0.0665. The lowest BCUT2D eigenvalue weighted by Gasteiger charge is -2.12. The molecule has 1 aliphatic rings. The highest BCUT2D eigenvalue weighted by Crippen LogP contribution is 2.08. The van der Waals surface area contributed by atoms with Gasteiger partial charge in [-0.05, 0) is 0 Å². The van der Waals surface area contributed by atoms with Gasteiger partial charge in [-0.2, -0.15) is 0 Å². The molecule has 0 aromatic heterocycles. The number of nitrogens with one attached hydrogen (secondary N) is 1. The molecule has 0 bridgehead atoms. The van der Waals surface area contributed by atoms with Crippen molar-refractivity contribution in [3.8, 4) is 0 Å². The van der Waals surface area contributed by atoms with Gasteiger partial charge in [-0.15, -0.1) is 0 Å². The highest BCUT2D eigenvalue weighted by molar-refractivity contribution is 7.91. The summed E-state index contributed by atoms with van der Waals surface area (Å²) in [6.07, 6.45) is -0.683. The van der Waals surface area contributed by atoms with Gasteiger partial charge >= 0.3 is 0 Å². The molecule has 6 heteroatoms. The maximum Gasteiger partial charge on any atom is 0.159 e. The van der Waals surface area contributed by atoms with Crippen molar-refractivity contribution >= 4 is 9.84 Å². The van der Waals surface area contributed by atoms with E-state index in [2.05, 4.69) is 14.1 Å². The van der Waals surface area contributed by atoms with E-state index < -0.39 is 15.9 Å². The number of likely N-dealkylation sites (N-methyl/N-ethyl adjacent to an activating group) is 1. The van der Waals surface area contributed by atoms with Crippen molar-refractivity contribution in [1.29, 1.82) is 0 Å². The number of aliphatic hydroxyl groups is 1. The number of quaternary nitrogens is 2. The average Bonchev–Trinajstić information content (AvgIpc) is 2.24. The van der Waals surface area contributed by atoms with Crippen LogP contribution in [-0.2, 0) is 9.84 Å². The number of hydrogen-bond donors (Lipinski definition) is 3. The van der Waals surface area contributed by atoms with Crippen molar-refractivity contribution in [2.75, 3.05) is 38.7 Å². The minimum Gasteiger partial charge on any atom is -0.386 e. The second-order valence-corrected chi connectivity index (χ2v) is 6.44. The van der Waals surface area contributed by atoms with E-state index in [0.29, 0.717) is 0 Å². The van der Waals surface area contributed by atoms with Gasteiger partial charge in [-0.1, -0.05) is 0 Å². The van der Waals surface area contributed by atoms with Crippen LogP contribution < -0.4 is 10.2 Å². The number of sulfone groups is 1. The van der Waals surface area contributed by atoms with Gasteiger partial charge in [-0.25, -0.2) is 8.42 Å². The molecule has 84 valence electrons. The Labute approximate surface area is 85.0 Å². The molecule has 1 aliphatic heterocycles. The molecule has 1 fully saturated rings. The average molecular weight is 224 g/mol. The maximum atomic E-state index is 11.2. The van der Waals surface area contributed by atoms with Crippen molar-refractivity contribution < 1.29 is 23.7 Å². The van der Waals surface area contributed by atoms with Crippen LogP contribution in [0.4, 0.5) is 0 Å². The molecule has 2 atom stereocenters. The Morgan fingerprint density at radius 2 is 2.07 bits per heavy atom. The SMILES string of the molecule is C[NH+](C)CC[NH2+]C1CS(=O)(=O)CC1O. The van der Waals surface area contributed by atoms with Crippen LogP contribution in [0.3, 0.4) is 0 Å². The zero-order valence-corrected chi connectivity index (χ0v) is 9.55. The number of aliphatic hydroxyl groups excluding tert-OH is 1. The fraction of sp³-hybridized carbons (Fsp3) is 1.00. The summed E-state index contributed by atoms with van der Waals surface area (Å²) in [4.78, 5) is 1.33. The van der Waals surface area contributed by atoms with Crippen LogP contribution >= 0.6 is 0 Å². The molecule has 0 aromatic carbocycles. The van der Waals surface area contributed by atoms with Crippen LogP contribution in [0.1, 0.15) is 0 Å². The molecule has 14 heavy (non-hydrogen) atoms. The first kappa shape index (κ1) is 11.9. The Bertz CT molecular complexity index is 276. The van der Waals surface area contributed by atoms with Gasteiger partial charge in [0.25, 0.3) is 0 Å². The summed E-state index contributed by atoms with van der Waals surface area (Å²) in [6.45, 7) is 1.84. The van der Waals surface area contributed by atoms with Gasteiger partial charge < -0.3 is 15.3 Å². The van der Waals surface area contributed by atoms with Crippen LogP contribution in [0.5, 0.6) is 0 Å². The van der Waals surface area contributed by atoms with E-state index in [1.165, 1.54) is 4.90 Å². The number of hydrogen-bond acceptors (Lipinski definition) is 3. The minimum atomic E-state index is -2.98. The summed E-state index contributed by atoms with van der Waals surface area (Å²) >= 11 is 0. The van der Waals surface area contributed by atoms with Crippen LogP contribution in [-0.4, -0.2) is 64.4 Å². The number of nitrogens with two attached hydrogens (primary N) is 1. The molecular formula is C8H20N2O3S+2. The van der Waals surface area contributed by atoms with E-state index in [1.807, 2.05) is 5.32 Å².